The van der Waals surface area contributed by atoms with Crippen molar-refractivity contribution in [3.8, 4) is 0 Å². The first-order chi connectivity index (χ1) is 9.82. The van der Waals surface area contributed by atoms with E-state index in [1.165, 1.54) is 11.1 Å². The lowest BCUT2D eigenvalue weighted by molar-refractivity contribution is 0.355. The minimum absolute atomic E-state index is 0.00783. The van der Waals surface area contributed by atoms with Crippen LogP contribution >= 0.6 is 12.2 Å². The number of nitrogens with zero attached hydrogens (tertiary/aromatic N) is 1. The summed E-state index contributed by atoms with van der Waals surface area (Å²) in [4.78, 5) is 1.98. The zero-order valence-electron chi connectivity index (χ0n) is 12.7. The molecule has 1 heterocycles. The maximum Gasteiger partial charge on any atom is 0.173 e. The molecule has 1 saturated heterocycles. The molecule has 0 bridgehead atoms. The van der Waals surface area contributed by atoms with Gasteiger partial charge in [-0.25, -0.2) is 8.42 Å². The van der Waals surface area contributed by atoms with Crippen molar-refractivity contribution in [1.82, 2.24) is 4.90 Å². The largest absolute Gasteiger partial charge is 0.345 e. The molecule has 0 radical (unpaired) electrons. The van der Waals surface area contributed by atoms with Crippen molar-refractivity contribution in [2.45, 2.75) is 33.2 Å². The Morgan fingerprint density at radius 2 is 2.10 bits per heavy atom. The molecule has 1 atom stereocenters. The van der Waals surface area contributed by atoms with Gasteiger partial charge in [0.1, 0.15) is 0 Å². The van der Waals surface area contributed by atoms with Gasteiger partial charge in [0.2, 0.25) is 0 Å². The molecule has 0 saturated carbocycles. The molecule has 1 aromatic rings. The average molecular weight is 326 g/mol. The molecule has 0 aliphatic carbocycles. The number of rotatable bonds is 3. The highest BCUT2D eigenvalue weighted by Gasteiger charge is 2.32. The van der Waals surface area contributed by atoms with Crippen molar-refractivity contribution in [1.29, 1.82) is 0 Å². The lowest BCUT2D eigenvalue weighted by Crippen LogP contribution is -2.43. The van der Waals surface area contributed by atoms with E-state index >= 15 is 0 Å². The first-order valence-corrected chi connectivity index (χ1v) is 9.40. The molecule has 0 amide bonds. The molecule has 1 aromatic carbocycles. The Hall–Kier alpha value is -1.14. The maximum atomic E-state index is 11.6. The second-order valence-electron chi connectivity index (χ2n) is 5.57. The normalized spacial score (nSPS) is 20.2. The molecule has 4 nitrogen and oxygen atoms in total. The first kappa shape index (κ1) is 16.2. The minimum atomic E-state index is -2.90. The summed E-state index contributed by atoms with van der Waals surface area (Å²) in [5, 5.41) is 3.83. The number of hydrogen-bond acceptors (Lipinski definition) is 3. The van der Waals surface area contributed by atoms with Crippen LogP contribution in [0.3, 0.4) is 0 Å². The zero-order valence-corrected chi connectivity index (χ0v) is 14.4. The summed E-state index contributed by atoms with van der Waals surface area (Å²) >= 11 is 5.46. The van der Waals surface area contributed by atoms with Crippen molar-refractivity contribution >= 4 is 32.9 Å². The fourth-order valence-electron chi connectivity index (χ4n) is 2.60. The molecule has 116 valence electrons. The van der Waals surface area contributed by atoms with Gasteiger partial charge in [-0.3, -0.25) is 0 Å². The number of thiocarbonyl (C=S) groups is 1. The fourth-order valence-corrected chi connectivity index (χ4v) is 4.73. The Morgan fingerprint density at radius 3 is 2.62 bits per heavy atom. The Morgan fingerprint density at radius 1 is 1.38 bits per heavy atom. The Balaban J connectivity index is 2.08. The summed E-state index contributed by atoms with van der Waals surface area (Å²) < 4.78 is 23.3. The standard InChI is InChI=1S/C15H22N2O2S2/c1-4-17(14-7-8-21(18,19)10-14)15(20)16-13-6-5-11(2)12(3)9-13/h5-6,9,14H,4,7-8,10H2,1-3H3,(H,16,20)/t14-/m0/s1. The Bertz CT molecular complexity index is 641. The van der Waals surface area contributed by atoms with E-state index in [2.05, 4.69) is 31.3 Å². The maximum absolute atomic E-state index is 11.6. The molecule has 0 unspecified atom stereocenters. The van der Waals surface area contributed by atoms with Crippen LogP contribution < -0.4 is 5.32 Å². The number of benzene rings is 1. The van der Waals surface area contributed by atoms with E-state index in [0.717, 1.165) is 5.69 Å². The van der Waals surface area contributed by atoms with Gasteiger partial charge in [-0.2, -0.15) is 0 Å². The lowest BCUT2D eigenvalue weighted by atomic mass is 10.1. The van der Waals surface area contributed by atoms with Gasteiger partial charge in [-0.1, -0.05) is 6.07 Å². The summed E-state index contributed by atoms with van der Waals surface area (Å²) in [5.74, 6) is 0.468. The minimum Gasteiger partial charge on any atom is -0.345 e. The molecule has 21 heavy (non-hydrogen) atoms. The van der Waals surface area contributed by atoms with Crippen LogP contribution in [0.4, 0.5) is 5.69 Å². The lowest BCUT2D eigenvalue weighted by Gasteiger charge is -2.29. The third-order valence-corrected chi connectivity index (χ3v) is 6.10. The molecule has 2 rings (SSSR count). The van der Waals surface area contributed by atoms with E-state index in [1.807, 2.05) is 17.9 Å². The van der Waals surface area contributed by atoms with Crippen molar-refractivity contribution in [3.05, 3.63) is 29.3 Å². The molecular formula is C15H22N2O2S2. The van der Waals surface area contributed by atoms with E-state index in [1.54, 1.807) is 0 Å². The van der Waals surface area contributed by atoms with Gasteiger partial charge < -0.3 is 10.2 Å². The Kier molecular flexibility index (Phi) is 4.88. The number of sulfone groups is 1. The van der Waals surface area contributed by atoms with Crippen molar-refractivity contribution in [2.24, 2.45) is 0 Å². The van der Waals surface area contributed by atoms with Crippen LogP contribution in [0.1, 0.15) is 24.5 Å². The SMILES string of the molecule is CCN(C(=S)Nc1ccc(C)c(C)c1)[C@H]1CCS(=O)(=O)C1. The van der Waals surface area contributed by atoms with E-state index in [-0.39, 0.29) is 17.5 Å². The van der Waals surface area contributed by atoms with Crippen LogP contribution in [-0.2, 0) is 9.84 Å². The van der Waals surface area contributed by atoms with Crippen molar-refractivity contribution in [2.75, 3.05) is 23.4 Å². The quantitative estimate of drug-likeness (QED) is 0.865. The van der Waals surface area contributed by atoms with Gasteiger partial charge in [0.15, 0.2) is 14.9 Å². The summed E-state index contributed by atoms with van der Waals surface area (Å²) in [5.41, 5.74) is 3.39. The smallest absolute Gasteiger partial charge is 0.173 e. The van der Waals surface area contributed by atoms with Gasteiger partial charge >= 0.3 is 0 Å². The molecule has 1 aliphatic heterocycles. The van der Waals surface area contributed by atoms with E-state index in [0.29, 0.717) is 18.1 Å². The summed E-state index contributed by atoms with van der Waals surface area (Å²) in [7, 11) is -2.90. The molecule has 1 fully saturated rings. The van der Waals surface area contributed by atoms with Gasteiger partial charge in [0.25, 0.3) is 0 Å². The Labute approximate surface area is 132 Å². The number of aryl methyl sites for hydroxylation is 2. The number of hydrogen-bond donors (Lipinski definition) is 1. The van der Waals surface area contributed by atoms with Crippen molar-refractivity contribution in [3.63, 3.8) is 0 Å². The second-order valence-corrected chi connectivity index (χ2v) is 8.19. The molecular weight excluding hydrogens is 304 g/mol. The third kappa shape index (κ3) is 3.95. The monoisotopic (exact) mass is 326 g/mol. The van der Waals surface area contributed by atoms with Gasteiger partial charge in [0, 0.05) is 18.3 Å². The van der Waals surface area contributed by atoms with Crippen molar-refractivity contribution < 1.29 is 8.42 Å². The molecule has 1 N–H and O–H groups in total. The zero-order chi connectivity index (χ0) is 15.6. The second kappa shape index (κ2) is 6.32. The highest BCUT2D eigenvalue weighted by Crippen LogP contribution is 2.20. The first-order valence-electron chi connectivity index (χ1n) is 7.17. The predicted molar refractivity (Wildman–Crippen MR) is 91.6 cm³/mol. The number of anilines is 1. The van der Waals surface area contributed by atoms with Crippen LogP contribution in [0, 0.1) is 13.8 Å². The fraction of sp³-hybridized carbons (Fsp3) is 0.533. The van der Waals surface area contributed by atoms with E-state index in [9.17, 15) is 8.42 Å². The molecule has 0 aromatic heterocycles. The summed E-state index contributed by atoms with van der Waals surface area (Å²) in [6, 6.07) is 6.09. The number of nitrogens with one attached hydrogen (secondary N) is 1. The topological polar surface area (TPSA) is 49.4 Å². The van der Waals surface area contributed by atoms with Crippen LogP contribution in [0.2, 0.25) is 0 Å². The average Bonchev–Trinajstić information content (AvgIpc) is 2.75. The summed E-state index contributed by atoms with van der Waals surface area (Å²) in [6.45, 7) is 6.83. The highest BCUT2D eigenvalue weighted by molar-refractivity contribution is 7.91. The van der Waals surface area contributed by atoms with Gasteiger partial charge in [-0.15, -0.1) is 0 Å². The molecule has 6 heteroatoms. The molecule has 0 spiro atoms. The predicted octanol–water partition coefficient (Wildman–Crippen LogP) is 2.51. The van der Waals surface area contributed by atoms with E-state index < -0.39 is 9.84 Å². The third-order valence-electron chi connectivity index (χ3n) is 4.01. The van der Waals surface area contributed by atoms with Gasteiger partial charge in [-0.05, 0) is 62.7 Å². The van der Waals surface area contributed by atoms with Crippen LogP contribution in [0.15, 0.2) is 18.2 Å². The molecule has 1 aliphatic rings. The van der Waals surface area contributed by atoms with Crippen LogP contribution in [-0.4, -0.2) is 42.5 Å². The van der Waals surface area contributed by atoms with Gasteiger partial charge in [0.05, 0.1) is 11.5 Å². The highest BCUT2D eigenvalue weighted by atomic mass is 32.2. The summed E-state index contributed by atoms with van der Waals surface area (Å²) in [6.07, 6.45) is 0.658. The van der Waals surface area contributed by atoms with E-state index in [4.69, 9.17) is 12.2 Å². The van der Waals surface area contributed by atoms with Crippen LogP contribution in [0.5, 0.6) is 0 Å². The van der Waals surface area contributed by atoms with Crippen LogP contribution in [0.25, 0.3) is 0 Å².